The zero-order chi connectivity index (χ0) is 12.2. The molecule has 0 rings (SSSR count). The van der Waals surface area contributed by atoms with Gasteiger partial charge in [-0.3, -0.25) is 0 Å². The Bertz CT molecular complexity index is 217. The highest BCUT2D eigenvalue weighted by molar-refractivity contribution is 5.13. The van der Waals surface area contributed by atoms with E-state index in [9.17, 15) is 0 Å². The second kappa shape index (κ2) is 6.01. The molecule has 0 radical (unpaired) electrons. The molecule has 0 aromatic heterocycles. The van der Waals surface area contributed by atoms with Crippen molar-refractivity contribution >= 4 is 0 Å². The minimum absolute atomic E-state index is 0.348. The largest absolute Gasteiger partial charge is 0.400 e. The summed E-state index contributed by atoms with van der Waals surface area (Å²) in [6, 6.07) is 0. The van der Waals surface area contributed by atoms with Crippen LogP contribution in [-0.4, -0.2) is 11.6 Å². The minimum Gasteiger partial charge on any atom is -0.400 e. The van der Waals surface area contributed by atoms with Crippen molar-refractivity contribution in [2.24, 2.45) is 29.3 Å². The lowest BCUT2D eigenvalue weighted by Crippen LogP contribution is -2.38. The number of allylic oxidation sites excluding steroid dienone is 2. The quantitative estimate of drug-likeness (QED) is 0.544. The van der Waals surface area contributed by atoms with Crippen LogP contribution in [0.25, 0.3) is 0 Å². The van der Waals surface area contributed by atoms with Gasteiger partial charge in [0.1, 0.15) is 0 Å². The molecule has 3 heteroatoms. The Hall–Kier alpha value is -0.700. The lowest BCUT2D eigenvalue weighted by molar-refractivity contribution is 0.280. The van der Waals surface area contributed by atoms with Crippen LogP contribution in [-0.2, 0) is 0 Å². The van der Waals surface area contributed by atoms with Gasteiger partial charge in [-0.25, -0.2) is 5.84 Å². The van der Waals surface area contributed by atoms with Crippen molar-refractivity contribution in [1.29, 1.82) is 0 Å². The van der Waals surface area contributed by atoms with Gasteiger partial charge in [0.15, 0.2) is 0 Å². The van der Waals surface area contributed by atoms with Gasteiger partial charge in [-0.05, 0) is 17.8 Å². The number of hydrazine groups is 1. The van der Waals surface area contributed by atoms with Crippen LogP contribution in [0.5, 0.6) is 0 Å². The van der Waals surface area contributed by atoms with E-state index >= 15 is 0 Å². The van der Waals surface area contributed by atoms with Crippen LogP contribution in [0.4, 0.5) is 0 Å². The standard InChI is InChI=1S/C12H27N3/c1-8(2)7-15(14)12(10(5)6)11(13)9(3)4/h8-10H,7,13-14H2,1-6H3/b12-11-. The Balaban J connectivity index is 4.89. The predicted octanol–water partition coefficient (Wildman–Crippen LogP) is 2.30. The summed E-state index contributed by atoms with van der Waals surface area (Å²) >= 11 is 0. The molecule has 0 aromatic carbocycles. The molecule has 0 bridgehead atoms. The molecule has 0 atom stereocenters. The summed E-state index contributed by atoms with van der Waals surface area (Å²) in [6.07, 6.45) is 0. The molecule has 0 aliphatic carbocycles. The Labute approximate surface area is 94.5 Å². The average molecular weight is 213 g/mol. The number of hydrogen-bond acceptors (Lipinski definition) is 3. The van der Waals surface area contributed by atoms with Crippen LogP contribution in [0.1, 0.15) is 41.5 Å². The summed E-state index contributed by atoms with van der Waals surface area (Å²) in [7, 11) is 0. The second-order valence-corrected chi connectivity index (χ2v) is 5.20. The Morgan fingerprint density at radius 1 is 1.00 bits per heavy atom. The third kappa shape index (κ3) is 4.56. The van der Waals surface area contributed by atoms with E-state index in [1.807, 2.05) is 5.01 Å². The van der Waals surface area contributed by atoms with E-state index in [2.05, 4.69) is 41.5 Å². The molecule has 0 aliphatic heterocycles. The molecular weight excluding hydrogens is 186 g/mol. The zero-order valence-corrected chi connectivity index (χ0v) is 11.0. The first-order valence-electron chi connectivity index (χ1n) is 5.79. The summed E-state index contributed by atoms with van der Waals surface area (Å²) < 4.78 is 0. The fourth-order valence-electron chi connectivity index (χ4n) is 1.62. The molecular formula is C12H27N3. The van der Waals surface area contributed by atoms with Crippen molar-refractivity contribution in [3.8, 4) is 0 Å². The average Bonchev–Trinajstić information content (AvgIpc) is 2.01. The van der Waals surface area contributed by atoms with Crippen molar-refractivity contribution in [2.45, 2.75) is 41.5 Å². The number of nitrogens with zero attached hydrogens (tertiary/aromatic N) is 1. The summed E-state index contributed by atoms with van der Waals surface area (Å²) in [6.45, 7) is 13.6. The lowest BCUT2D eigenvalue weighted by atomic mass is 10.0. The van der Waals surface area contributed by atoms with Crippen molar-refractivity contribution in [3.63, 3.8) is 0 Å². The van der Waals surface area contributed by atoms with Crippen LogP contribution >= 0.6 is 0 Å². The molecule has 0 aromatic rings. The molecule has 0 saturated heterocycles. The van der Waals surface area contributed by atoms with Crippen LogP contribution < -0.4 is 11.6 Å². The molecule has 15 heavy (non-hydrogen) atoms. The second-order valence-electron chi connectivity index (χ2n) is 5.20. The predicted molar refractivity (Wildman–Crippen MR) is 66.6 cm³/mol. The van der Waals surface area contributed by atoms with Gasteiger partial charge in [0.25, 0.3) is 0 Å². The molecule has 4 N–H and O–H groups in total. The maximum Gasteiger partial charge on any atom is 0.0506 e. The number of nitrogens with two attached hydrogens (primary N) is 2. The van der Waals surface area contributed by atoms with Gasteiger partial charge >= 0.3 is 0 Å². The van der Waals surface area contributed by atoms with Crippen molar-refractivity contribution < 1.29 is 0 Å². The molecule has 3 nitrogen and oxygen atoms in total. The third-order valence-corrected chi connectivity index (χ3v) is 2.34. The van der Waals surface area contributed by atoms with Gasteiger partial charge in [-0.2, -0.15) is 0 Å². The van der Waals surface area contributed by atoms with Crippen LogP contribution in [0, 0.1) is 17.8 Å². The van der Waals surface area contributed by atoms with Gasteiger partial charge in [-0.1, -0.05) is 41.5 Å². The Morgan fingerprint density at radius 2 is 1.47 bits per heavy atom. The van der Waals surface area contributed by atoms with Crippen molar-refractivity contribution in [3.05, 3.63) is 11.4 Å². The van der Waals surface area contributed by atoms with E-state index in [0.29, 0.717) is 17.8 Å². The highest BCUT2D eigenvalue weighted by Crippen LogP contribution is 2.20. The highest BCUT2D eigenvalue weighted by atomic mass is 15.4. The van der Waals surface area contributed by atoms with E-state index in [-0.39, 0.29) is 0 Å². The van der Waals surface area contributed by atoms with E-state index in [1.165, 1.54) is 0 Å². The fourth-order valence-corrected chi connectivity index (χ4v) is 1.62. The minimum atomic E-state index is 0.348. The smallest absolute Gasteiger partial charge is 0.0506 e. The molecule has 0 saturated carbocycles. The SMILES string of the molecule is CC(C)CN(N)/C(=C(\N)C(C)C)C(C)C. The van der Waals surface area contributed by atoms with Crippen LogP contribution in [0.2, 0.25) is 0 Å². The van der Waals surface area contributed by atoms with E-state index in [4.69, 9.17) is 11.6 Å². The number of hydrogen-bond donors (Lipinski definition) is 2. The van der Waals surface area contributed by atoms with Gasteiger partial charge in [0.05, 0.1) is 5.70 Å². The first kappa shape index (κ1) is 14.3. The summed E-state index contributed by atoms with van der Waals surface area (Å²) in [5, 5.41) is 1.81. The van der Waals surface area contributed by atoms with Crippen molar-refractivity contribution in [1.82, 2.24) is 5.01 Å². The third-order valence-electron chi connectivity index (χ3n) is 2.34. The van der Waals surface area contributed by atoms with Crippen molar-refractivity contribution in [2.75, 3.05) is 6.54 Å². The molecule has 0 spiro atoms. The maximum atomic E-state index is 6.10. The molecule has 0 amide bonds. The zero-order valence-electron chi connectivity index (χ0n) is 11.0. The van der Waals surface area contributed by atoms with Crippen LogP contribution in [0.15, 0.2) is 11.4 Å². The first-order chi connectivity index (χ1) is 6.77. The fraction of sp³-hybridized carbons (Fsp3) is 0.833. The van der Waals surface area contributed by atoms with E-state index in [1.54, 1.807) is 0 Å². The van der Waals surface area contributed by atoms with E-state index in [0.717, 1.165) is 17.9 Å². The van der Waals surface area contributed by atoms with Crippen LogP contribution in [0.3, 0.4) is 0 Å². The van der Waals surface area contributed by atoms with Gasteiger partial charge in [0, 0.05) is 12.2 Å². The maximum absolute atomic E-state index is 6.10. The van der Waals surface area contributed by atoms with E-state index < -0.39 is 0 Å². The molecule has 0 unspecified atom stereocenters. The Kier molecular flexibility index (Phi) is 5.73. The van der Waals surface area contributed by atoms with Gasteiger partial charge in [-0.15, -0.1) is 0 Å². The first-order valence-corrected chi connectivity index (χ1v) is 5.79. The molecule has 0 fully saturated rings. The lowest BCUT2D eigenvalue weighted by Gasteiger charge is -2.29. The van der Waals surface area contributed by atoms with Gasteiger partial charge < -0.3 is 10.7 Å². The molecule has 90 valence electrons. The molecule has 0 heterocycles. The normalized spacial score (nSPS) is 13.7. The topological polar surface area (TPSA) is 55.3 Å². The summed E-state index contributed by atoms with van der Waals surface area (Å²) in [5.74, 6) is 7.32. The summed E-state index contributed by atoms with van der Waals surface area (Å²) in [5.41, 5.74) is 8.09. The number of rotatable bonds is 5. The van der Waals surface area contributed by atoms with Gasteiger partial charge in [0.2, 0.25) is 0 Å². The Morgan fingerprint density at radius 3 is 1.73 bits per heavy atom. The molecule has 0 aliphatic rings. The monoisotopic (exact) mass is 213 g/mol. The highest BCUT2D eigenvalue weighted by Gasteiger charge is 2.16. The summed E-state index contributed by atoms with van der Waals surface area (Å²) in [4.78, 5) is 0.